The van der Waals surface area contributed by atoms with Crippen LogP contribution in [0.15, 0.2) is 23.1 Å². The number of hydrogen-bond acceptors (Lipinski definition) is 4. The lowest BCUT2D eigenvalue weighted by atomic mass is 10.1. The van der Waals surface area contributed by atoms with Crippen LogP contribution in [0.5, 0.6) is 0 Å². The van der Waals surface area contributed by atoms with Gasteiger partial charge in [0.2, 0.25) is 10.0 Å². The van der Waals surface area contributed by atoms with Gasteiger partial charge in [0.15, 0.2) is 0 Å². The van der Waals surface area contributed by atoms with Gasteiger partial charge in [0, 0.05) is 25.4 Å². The summed E-state index contributed by atoms with van der Waals surface area (Å²) in [4.78, 5) is 0.0303. The second-order valence-corrected chi connectivity index (χ2v) is 6.70. The molecule has 1 atom stereocenters. The van der Waals surface area contributed by atoms with Crippen LogP contribution in [0.1, 0.15) is 6.42 Å². The van der Waals surface area contributed by atoms with Crippen molar-refractivity contribution in [2.45, 2.75) is 11.3 Å². The van der Waals surface area contributed by atoms with Crippen LogP contribution in [-0.4, -0.2) is 37.5 Å². The lowest BCUT2D eigenvalue weighted by molar-refractivity contribution is 0.233. The molecule has 0 radical (unpaired) electrons. The van der Waals surface area contributed by atoms with Gasteiger partial charge in [0.1, 0.15) is 4.90 Å². The Labute approximate surface area is 111 Å². The molecule has 7 heteroatoms. The van der Waals surface area contributed by atoms with Crippen molar-refractivity contribution >= 4 is 27.3 Å². The van der Waals surface area contributed by atoms with Crippen LogP contribution in [0.3, 0.4) is 0 Å². The molecule has 100 valence electrons. The molecule has 1 unspecified atom stereocenters. The molecule has 1 aromatic carbocycles. The summed E-state index contributed by atoms with van der Waals surface area (Å²) in [5.41, 5.74) is 5.95. The highest BCUT2D eigenvalue weighted by atomic mass is 35.5. The van der Waals surface area contributed by atoms with E-state index in [4.69, 9.17) is 22.4 Å². The molecule has 1 aromatic rings. The highest BCUT2D eigenvalue weighted by Crippen LogP contribution is 2.29. The van der Waals surface area contributed by atoms with Crippen LogP contribution in [0, 0.1) is 5.92 Å². The van der Waals surface area contributed by atoms with Crippen LogP contribution in [0.4, 0.5) is 5.69 Å². The lowest BCUT2D eigenvalue weighted by Gasteiger charge is -2.17. The minimum Gasteiger partial charge on any atom is -0.399 e. The molecular formula is C11H15ClN2O3S. The van der Waals surface area contributed by atoms with E-state index in [1.807, 2.05) is 0 Å². The highest BCUT2D eigenvalue weighted by molar-refractivity contribution is 7.89. The van der Waals surface area contributed by atoms with Gasteiger partial charge in [-0.3, -0.25) is 0 Å². The van der Waals surface area contributed by atoms with Gasteiger partial charge in [-0.1, -0.05) is 11.6 Å². The molecule has 1 heterocycles. The summed E-state index contributed by atoms with van der Waals surface area (Å²) >= 11 is 5.92. The maximum Gasteiger partial charge on any atom is 0.244 e. The lowest BCUT2D eigenvalue weighted by Crippen LogP contribution is -2.29. The molecule has 1 saturated heterocycles. The number of sulfonamides is 1. The van der Waals surface area contributed by atoms with E-state index in [0.717, 1.165) is 0 Å². The third-order valence-corrected chi connectivity index (χ3v) is 5.43. The first-order valence-corrected chi connectivity index (χ1v) is 7.43. The van der Waals surface area contributed by atoms with Crippen molar-refractivity contribution in [2.24, 2.45) is 5.92 Å². The van der Waals surface area contributed by atoms with Gasteiger partial charge in [-0.2, -0.15) is 4.31 Å². The van der Waals surface area contributed by atoms with E-state index in [1.54, 1.807) is 6.07 Å². The van der Waals surface area contributed by atoms with E-state index in [2.05, 4.69) is 0 Å². The fraction of sp³-hybridized carbons (Fsp3) is 0.455. The van der Waals surface area contributed by atoms with Gasteiger partial charge in [-0.05, 0) is 30.5 Å². The fourth-order valence-corrected chi connectivity index (χ4v) is 4.06. The molecule has 1 fully saturated rings. The van der Waals surface area contributed by atoms with E-state index in [9.17, 15) is 8.42 Å². The number of aliphatic hydroxyl groups is 1. The van der Waals surface area contributed by atoms with E-state index >= 15 is 0 Å². The molecule has 0 aliphatic carbocycles. The first kappa shape index (κ1) is 13.6. The van der Waals surface area contributed by atoms with Crippen molar-refractivity contribution in [3.8, 4) is 0 Å². The predicted octanol–water partition coefficient (Wildman–Crippen LogP) is 0.925. The van der Waals surface area contributed by atoms with Crippen molar-refractivity contribution < 1.29 is 13.5 Å². The van der Waals surface area contributed by atoms with Gasteiger partial charge in [0.05, 0.1) is 5.02 Å². The molecule has 0 saturated carbocycles. The minimum atomic E-state index is -3.62. The Balaban J connectivity index is 2.34. The second-order valence-electron chi connectivity index (χ2n) is 4.39. The third-order valence-electron chi connectivity index (χ3n) is 3.08. The number of anilines is 1. The Bertz CT molecular complexity index is 547. The second kappa shape index (κ2) is 5.05. The number of nitrogen functional groups attached to an aromatic ring is 1. The fourth-order valence-electron chi connectivity index (χ4n) is 2.02. The summed E-state index contributed by atoms with van der Waals surface area (Å²) in [6, 6.07) is 4.40. The van der Waals surface area contributed by atoms with E-state index in [-0.39, 0.29) is 22.4 Å². The predicted molar refractivity (Wildman–Crippen MR) is 69.8 cm³/mol. The van der Waals surface area contributed by atoms with E-state index in [1.165, 1.54) is 16.4 Å². The number of halogens is 1. The third kappa shape index (κ3) is 2.47. The van der Waals surface area contributed by atoms with Crippen LogP contribution >= 0.6 is 11.6 Å². The van der Waals surface area contributed by atoms with Crippen LogP contribution in [0.25, 0.3) is 0 Å². The standard InChI is InChI=1S/C11H15ClN2O3S/c12-10-2-1-9(13)5-11(10)18(16,17)14-4-3-8(6-14)7-15/h1-2,5,8,15H,3-4,6-7,13H2. The summed E-state index contributed by atoms with van der Waals surface area (Å²) in [7, 11) is -3.62. The Morgan fingerprint density at radius 3 is 2.83 bits per heavy atom. The highest BCUT2D eigenvalue weighted by Gasteiger charge is 2.33. The zero-order valence-corrected chi connectivity index (χ0v) is 11.3. The number of rotatable bonds is 3. The average Bonchev–Trinajstić information content (AvgIpc) is 2.81. The monoisotopic (exact) mass is 290 g/mol. The average molecular weight is 291 g/mol. The van der Waals surface area contributed by atoms with Crippen molar-refractivity contribution in [3.63, 3.8) is 0 Å². The first-order valence-electron chi connectivity index (χ1n) is 5.61. The number of nitrogens with zero attached hydrogens (tertiary/aromatic N) is 1. The molecule has 0 aromatic heterocycles. The molecular weight excluding hydrogens is 276 g/mol. The van der Waals surface area contributed by atoms with Crippen LogP contribution in [0.2, 0.25) is 5.02 Å². The zero-order chi connectivity index (χ0) is 13.3. The van der Waals surface area contributed by atoms with Crippen molar-refractivity contribution in [1.82, 2.24) is 4.31 Å². The normalized spacial score (nSPS) is 21.3. The topological polar surface area (TPSA) is 83.6 Å². The quantitative estimate of drug-likeness (QED) is 0.811. The Morgan fingerprint density at radius 1 is 1.50 bits per heavy atom. The summed E-state index contributed by atoms with van der Waals surface area (Å²) < 4.78 is 26.1. The molecule has 2 rings (SSSR count). The Kier molecular flexibility index (Phi) is 3.82. The molecule has 1 aliphatic heterocycles. The van der Waals surface area contributed by atoms with Crippen molar-refractivity contribution in [1.29, 1.82) is 0 Å². The molecule has 1 aliphatic rings. The number of aliphatic hydroxyl groups excluding tert-OH is 1. The maximum absolute atomic E-state index is 12.4. The van der Waals surface area contributed by atoms with Crippen LogP contribution < -0.4 is 5.73 Å². The number of nitrogens with two attached hydrogens (primary N) is 1. The number of hydrogen-bond donors (Lipinski definition) is 2. The zero-order valence-electron chi connectivity index (χ0n) is 9.71. The maximum atomic E-state index is 12.4. The molecule has 3 N–H and O–H groups in total. The van der Waals surface area contributed by atoms with Gasteiger partial charge in [-0.15, -0.1) is 0 Å². The number of benzene rings is 1. The largest absolute Gasteiger partial charge is 0.399 e. The molecule has 0 spiro atoms. The minimum absolute atomic E-state index is 0.000361. The van der Waals surface area contributed by atoms with Gasteiger partial charge in [-0.25, -0.2) is 8.42 Å². The smallest absolute Gasteiger partial charge is 0.244 e. The summed E-state index contributed by atoms with van der Waals surface area (Å²) in [6.07, 6.45) is 0.662. The molecule has 0 bridgehead atoms. The van der Waals surface area contributed by atoms with E-state index < -0.39 is 10.0 Å². The van der Waals surface area contributed by atoms with Gasteiger partial charge < -0.3 is 10.8 Å². The Morgan fingerprint density at radius 2 is 2.22 bits per heavy atom. The molecule has 0 amide bonds. The molecule has 5 nitrogen and oxygen atoms in total. The first-order chi connectivity index (χ1) is 8.45. The molecule has 18 heavy (non-hydrogen) atoms. The van der Waals surface area contributed by atoms with Crippen molar-refractivity contribution in [3.05, 3.63) is 23.2 Å². The summed E-state index contributed by atoms with van der Waals surface area (Å²) in [5, 5.41) is 9.21. The van der Waals surface area contributed by atoms with Crippen molar-refractivity contribution in [2.75, 3.05) is 25.4 Å². The van der Waals surface area contributed by atoms with E-state index in [0.29, 0.717) is 25.2 Å². The van der Waals surface area contributed by atoms with Gasteiger partial charge in [0.25, 0.3) is 0 Å². The summed E-state index contributed by atoms with van der Waals surface area (Å²) in [6.45, 7) is 0.722. The summed E-state index contributed by atoms with van der Waals surface area (Å²) in [5.74, 6) is -0.000361. The SMILES string of the molecule is Nc1ccc(Cl)c(S(=O)(=O)N2CCC(CO)C2)c1. The Hall–Kier alpha value is -0.820. The van der Waals surface area contributed by atoms with Gasteiger partial charge >= 0.3 is 0 Å². The van der Waals surface area contributed by atoms with Crippen LogP contribution in [-0.2, 0) is 10.0 Å².